The summed E-state index contributed by atoms with van der Waals surface area (Å²) in [5.74, 6) is 0. The van der Waals surface area contributed by atoms with Crippen molar-refractivity contribution in [1.82, 2.24) is 10.6 Å². The SMILES string of the molecule is CSC1CCCCC1NC1CCCNCC1. The second-order valence-corrected chi connectivity index (χ2v) is 6.29. The summed E-state index contributed by atoms with van der Waals surface area (Å²) in [7, 11) is 0. The average Bonchev–Trinajstić information content (AvgIpc) is 2.58. The highest BCUT2D eigenvalue weighted by molar-refractivity contribution is 7.99. The van der Waals surface area contributed by atoms with Crippen molar-refractivity contribution in [3.8, 4) is 0 Å². The summed E-state index contributed by atoms with van der Waals surface area (Å²) in [5.41, 5.74) is 0. The molecule has 16 heavy (non-hydrogen) atoms. The lowest BCUT2D eigenvalue weighted by Crippen LogP contribution is -2.46. The maximum Gasteiger partial charge on any atom is 0.0198 e. The summed E-state index contributed by atoms with van der Waals surface area (Å²) < 4.78 is 0. The number of thioether (sulfide) groups is 1. The molecule has 1 saturated heterocycles. The van der Waals surface area contributed by atoms with Gasteiger partial charge in [0.25, 0.3) is 0 Å². The fourth-order valence-electron chi connectivity index (χ4n) is 3.06. The smallest absolute Gasteiger partial charge is 0.0198 e. The van der Waals surface area contributed by atoms with Gasteiger partial charge in [-0.05, 0) is 51.4 Å². The third-order valence-corrected chi connectivity index (χ3v) is 5.20. The topological polar surface area (TPSA) is 24.1 Å². The van der Waals surface area contributed by atoms with Gasteiger partial charge in [0, 0.05) is 17.3 Å². The molecule has 1 aliphatic heterocycles. The fraction of sp³-hybridized carbons (Fsp3) is 1.00. The van der Waals surface area contributed by atoms with Crippen molar-refractivity contribution in [1.29, 1.82) is 0 Å². The Morgan fingerprint density at radius 1 is 1.00 bits per heavy atom. The van der Waals surface area contributed by atoms with Crippen LogP contribution in [-0.2, 0) is 0 Å². The van der Waals surface area contributed by atoms with E-state index in [1.165, 1.54) is 58.0 Å². The van der Waals surface area contributed by atoms with Gasteiger partial charge in [-0.1, -0.05) is 12.8 Å². The van der Waals surface area contributed by atoms with Gasteiger partial charge >= 0.3 is 0 Å². The number of rotatable bonds is 3. The van der Waals surface area contributed by atoms with Crippen LogP contribution < -0.4 is 10.6 Å². The van der Waals surface area contributed by atoms with E-state index in [1.54, 1.807) is 0 Å². The molecule has 3 atom stereocenters. The molecule has 0 amide bonds. The first kappa shape index (κ1) is 12.7. The molecule has 2 nitrogen and oxygen atoms in total. The first-order valence-electron chi connectivity index (χ1n) is 6.89. The third kappa shape index (κ3) is 3.64. The van der Waals surface area contributed by atoms with E-state index in [0.717, 1.165) is 17.3 Å². The molecule has 1 saturated carbocycles. The van der Waals surface area contributed by atoms with Gasteiger partial charge < -0.3 is 10.6 Å². The second kappa shape index (κ2) is 6.87. The van der Waals surface area contributed by atoms with E-state index in [9.17, 15) is 0 Å². The Morgan fingerprint density at radius 3 is 2.75 bits per heavy atom. The molecule has 0 aromatic heterocycles. The molecular weight excluding hydrogens is 216 g/mol. The standard InChI is InChI=1S/C13H26N2S/c1-16-13-7-3-2-6-12(13)15-11-5-4-9-14-10-8-11/h11-15H,2-10H2,1H3. The predicted molar refractivity (Wildman–Crippen MR) is 73.2 cm³/mol. The van der Waals surface area contributed by atoms with Crippen LogP contribution in [0.4, 0.5) is 0 Å². The van der Waals surface area contributed by atoms with Gasteiger partial charge in [0.2, 0.25) is 0 Å². The fourth-order valence-corrected chi connectivity index (χ4v) is 4.00. The molecule has 0 radical (unpaired) electrons. The van der Waals surface area contributed by atoms with Gasteiger partial charge in [-0.3, -0.25) is 0 Å². The third-order valence-electron chi connectivity index (χ3n) is 4.03. The minimum Gasteiger partial charge on any atom is -0.317 e. The highest BCUT2D eigenvalue weighted by Gasteiger charge is 2.26. The van der Waals surface area contributed by atoms with E-state index in [-0.39, 0.29) is 0 Å². The largest absolute Gasteiger partial charge is 0.317 e. The molecule has 0 spiro atoms. The molecule has 2 aliphatic rings. The summed E-state index contributed by atoms with van der Waals surface area (Å²) in [6.45, 7) is 2.42. The Kier molecular flexibility index (Phi) is 5.46. The van der Waals surface area contributed by atoms with Crippen molar-refractivity contribution >= 4 is 11.8 Å². The van der Waals surface area contributed by atoms with Crippen molar-refractivity contribution in [3.05, 3.63) is 0 Å². The van der Waals surface area contributed by atoms with E-state index >= 15 is 0 Å². The van der Waals surface area contributed by atoms with Crippen molar-refractivity contribution < 1.29 is 0 Å². The molecular formula is C13H26N2S. The van der Waals surface area contributed by atoms with Gasteiger partial charge in [-0.2, -0.15) is 11.8 Å². The lowest BCUT2D eigenvalue weighted by molar-refractivity contribution is 0.331. The Morgan fingerprint density at radius 2 is 1.88 bits per heavy atom. The molecule has 2 fully saturated rings. The van der Waals surface area contributed by atoms with E-state index in [4.69, 9.17) is 0 Å². The first-order valence-corrected chi connectivity index (χ1v) is 8.18. The normalized spacial score (nSPS) is 36.9. The first-order chi connectivity index (χ1) is 7.90. The van der Waals surface area contributed by atoms with Crippen LogP contribution >= 0.6 is 11.8 Å². The Bertz CT molecular complexity index is 190. The highest BCUT2D eigenvalue weighted by atomic mass is 32.2. The van der Waals surface area contributed by atoms with Crippen molar-refractivity contribution in [2.45, 2.75) is 62.3 Å². The zero-order chi connectivity index (χ0) is 11.2. The monoisotopic (exact) mass is 242 g/mol. The number of hydrogen-bond acceptors (Lipinski definition) is 3. The molecule has 1 heterocycles. The van der Waals surface area contributed by atoms with Crippen LogP contribution in [0.1, 0.15) is 44.9 Å². The molecule has 3 unspecified atom stereocenters. The van der Waals surface area contributed by atoms with E-state index in [2.05, 4.69) is 28.7 Å². The Labute approximate surface area is 104 Å². The van der Waals surface area contributed by atoms with Crippen LogP contribution in [0, 0.1) is 0 Å². The van der Waals surface area contributed by atoms with E-state index in [1.807, 2.05) is 0 Å². The van der Waals surface area contributed by atoms with Gasteiger partial charge in [0.05, 0.1) is 0 Å². The van der Waals surface area contributed by atoms with Crippen LogP contribution in [-0.4, -0.2) is 36.7 Å². The Balaban J connectivity index is 1.81. The van der Waals surface area contributed by atoms with E-state index < -0.39 is 0 Å². The zero-order valence-corrected chi connectivity index (χ0v) is 11.3. The maximum atomic E-state index is 3.94. The van der Waals surface area contributed by atoms with E-state index in [0.29, 0.717) is 0 Å². The molecule has 2 rings (SSSR count). The minimum absolute atomic E-state index is 0.771. The van der Waals surface area contributed by atoms with Crippen LogP contribution in [0.15, 0.2) is 0 Å². The van der Waals surface area contributed by atoms with Crippen molar-refractivity contribution in [3.63, 3.8) is 0 Å². The lowest BCUT2D eigenvalue weighted by Gasteiger charge is -2.34. The molecule has 3 heteroatoms. The number of hydrogen-bond donors (Lipinski definition) is 2. The zero-order valence-electron chi connectivity index (χ0n) is 10.5. The lowest BCUT2D eigenvalue weighted by atomic mass is 9.93. The van der Waals surface area contributed by atoms with Crippen LogP contribution in [0.3, 0.4) is 0 Å². The predicted octanol–water partition coefficient (Wildman–Crippen LogP) is 2.39. The molecule has 94 valence electrons. The van der Waals surface area contributed by atoms with Crippen molar-refractivity contribution in [2.75, 3.05) is 19.3 Å². The van der Waals surface area contributed by atoms with Gasteiger partial charge in [0.1, 0.15) is 0 Å². The maximum absolute atomic E-state index is 3.94. The summed E-state index contributed by atoms with van der Waals surface area (Å²) in [4.78, 5) is 0. The van der Waals surface area contributed by atoms with Gasteiger partial charge in [-0.15, -0.1) is 0 Å². The summed E-state index contributed by atoms with van der Waals surface area (Å²) in [5, 5.41) is 8.30. The van der Waals surface area contributed by atoms with Crippen LogP contribution in [0.25, 0.3) is 0 Å². The average molecular weight is 242 g/mol. The van der Waals surface area contributed by atoms with Crippen LogP contribution in [0.5, 0.6) is 0 Å². The molecule has 0 bridgehead atoms. The highest BCUT2D eigenvalue weighted by Crippen LogP contribution is 2.28. The van der Waals surface area contributed by atoms with Gasteiger partial charge in [-0.25, -0.2) is 0 Å². The number of nitrogens with one attached hydrogen (secondary N) is 2. The van der Waals surface area contributed by atoms with Gasteiger partial charge in [0.15, 0.2) is 0 Å². The summed E-state index contributed by atoms with van der Waals surface area (Å²) in [6, 6.07) is 1.56. The summed E-state index contributed by atoms with van der Waals surface area (Å²) >= 11 is 2.07. The molecule has 0 aromatic carbocycles. The minimum atomic E-state index is 0.771. The summed E-state index contributed by atoms with van der Waals surface area (Å²) in [6.07, 6.45) is 12.0. The molecule has 2 N–H and O–H groups in total. The second-order valence-electron chi connectivity index (χ2n) is 5.21. The van der Waals surface area contributed by atoms with Crippen molar-refractivity contribution in [2.24, 2.45) is 0 Å². The molecule has 0 aromatic rings. The quantitative estimate of drug-likeness (QED) is 0.795. The van der Waals surface area contributed by atoms with Crippen LogP contribution in [0.2, 0.25) is 0 Å². The Hall–Kier alpha value is 0.270. The molecule has 1 aliphatic carbocycles.